The highest BCUT2D eigenvalue weighted by Gasteiger charge is 2.10. The normalized spacial score (nSPS) is 12.9. The van der Waals surface area contributed by atoms with Crippen molar-refractivity contribution in [2.45, 2.75) is 46.1 Å². The average Bonchev–Trinajstić information content (AvgIpc) is 2.02. The Kier molecular flexibility index (Phi) is 7.76. The first-order valence-corrected chi connectivity index (χ1v) is 6.59. The zero-order valence-corrected chi connectivity index (χ0v) is 10.1. The summed E-state index contributed by atoms with van der Waals surface area (Å²) in [5.74, 6) is 0.304. The first-order valence-electron chi connectivity index (χ1n) is 5.10. The molecule has 0 aromatic rings. The van der Waals surface area contributed by atoms with Gasteiger partial charge in [0.1, 0.15) is 5.75 Å². The van der Waals surface area contributed by atoms with E-state index in [1.54, 1.807) is 13.8 Å². The number of esters is 1. The molecule has 1 atom stereocenters. The molecule has 0 rings (SSSR count). The Bertz CT molecular complexity index is 190. The fourth-order valence-electron chi connectivity index (χ4n) is 1.01. The van der Waals surface area contributed by atoms with Gasteiger partial charge in [-0.25, -0.2) is 0 Å². The molecule has 0 heterocycles. The van der Waals surface area contributed by atoms with Gasteiger partial charge < -0.3 is 4.74 Å². The van der Waals surface area contributed by atoms with Crippen molar-refractivity contribution in [1.29, 1.82) is 0 Å². The lowest BCUT2D eigenvalue weighted by Crippen LogP contribution is -2.19. The topological polar surface area (TPSA) is 43.4 Å². The van der Waals surface area contributed by atoms with Gasteiger partial charge in [-0.15, -0.1) is 0 Å². The zero-order valence-electron chi connectivity index (χ0n) is 9.25. The maximum atomic E-state index is 11.3. The lowest BCUT2D eigenvalue weighted by Gasteiger charge is -2.07. The van der Waals surface area contributed by atoms with E-state index < -0.39 is 10.8 Å². The van der Waals surface area contributed by atoms with Crippen molar-refractivity contribution in [1.82, 2.24) is 0 Å². The first kappa shape index (κ1) is 13.6. The third-order valence-corrected chi connectivity index (χ3v) is 2.92. The van der Waals surface area contributed by atoms with Gasteiger partial charge in [0.15, 0.2) is 0 Å². The van der Waals surface area contributed by atoms with E-state index >= 15 is 0 Å². The molecule has 0 aromatic heterocycles. The van der Waals surface area contributed by atoms with Crippen molar-refractivity contribution in [2.75, 3.05) is 11.5 Å². The highest BCUT2D eigenvalue weighted by molar-refractivity contribution is 7.85. The van der Waals surface area contributed by atoms with Gasteiger partial charge in [-0.05, 0) is 20.3 Å². The molecule has 0 aromatic carbocycles. The van der Waals surface area contributed by atoms with Crippen LogP contribution in [0.25, 0.3) is 0 Å². The van der Waals surface area contributed by atoms with Gasteiger partial charge in [-0.1, -0.05) is 19.8 Å². The van der Waals surface area contributed by atoms with E-state index in [0.29, 0.717) is 5.75 Å². The fraction of sp³-hybridized carbons (Fsp3) is 0.900. The minimum Gasteiger partial charge on any atom is -0.462 e. The number of ether oxygens (including phenoxy) is 1. The molecule has 4 heteroatoms. The largest absolute Gasteiger partial charge is 0.462 e. The van der Waals surface area contributed by atoms with Gasteiger partial charge >= 0.3 is 5.97 Å². The Morgan fingerprint density at radius 3 is 2.50 bits per heavy atom. The Balaban J connectivity index is 3.56. The minimum atomic E-state index is -1.04. The van der Waals surface area contributed by atoms with Crippen LogP contribution in [0, 0.1) is 0 Å². The second kappa shape index (κ2) is 7.97. The van der Waals surface area contributed by atoms with Crippen LogP contribution in [0.2, 0.25) is 0 Å². The van der Waals surface area contributed by atoms with Crippen LogP contribution in [-0.4, -0.2) is 27.8 Å². The molecule has 1 unspecified atom stereocenters. The molecule has 0 fully saturated rings. The van der Waals surface area contributed by atoms with E-state index in [2.05, 4.69) is 6.92 Å². The van der Waals surface area contributed by atoms with Gasteiger partial charge in [0.05, 0.1) is 6.10 Å². The third-order valence-electron chi connectivity index (χ3n) is 1.62. The first-order chi connectivity index (χ1) is 6.56. The molecule has 0 aliphatic carbocycles. The second-order valence-corrected chi connectivity index (χ2v) is 5.11. The highest BCUT2D eigenvalue weighted by Crippen LogP contribution is 1.98. The van der Waals surface area contributed by atoms with Crippen molar-refractivity contribution in [3.8, 4) is 0 Å². The van der Waals surface area contributed by atoms with Crippen molar-refractivity contribution in [3.05, 3.63) is 0 Å². The molecule has 14 heavy (non-hydrogen) atoms. The molecule has 0 bridgehead atoms. The summed E-state index contributed by atoms with van der Waals surface area (Å²) in [6.45, 7) is 5.67. The predicted molar refractivity (Wildman–Crippen MR) is 58.6 cm³/mol. The number of carbonyl (C=O) groups excluding carboxylic acids is 1. The molecule has 0 N–H and O–H groups in total. The van der Waals surface area contributed by atoms with Gasteiger partial charge in [-0.3, -0.25) is 9.00 Å². The molecule has 0 aliphatic rings. The highest BCUT2D eigenvalue weighted by atomic mass is 32.2. The standard InChI is InChI=1S/C10H20O3S/c1-4-5-6-7-14(12)8-10(11)13-9(2)3/h9H,4-8H2,1-3H3. The van der Waals surface area contributed by atoms with Gasteiger partial charge in [0.25, 0.3) is 0 Å². The summed E-state index contributed by atoms with van der Waals surface area (Å²) in [6, 6.07) is 0. The van der Waals surface area contributed by atoms with E-state index in [0.717, 1.165) is 19.3 Å². The number of hydrogen-bond acceptors (Lipinski definition) is 3. The number of unbranched alkanes of at least 4 members (excludes halogenated alkanes) is 2. The van der Waals surface area contributed by atoms with E-state index in [1.807, 2.05) is 0 Å². The Labute approximate surface area is 88.7 Å². The SMILES string of the molecule is CCCCCS(=O)CC(=O)OC(C)C. The lowest BCUT2D eigenvalue weighted by molar-refractivity contribution is -0.144. The van der Waals surface area contributed by atoms with E-state index in [1.165, 1.54) is 0 Å². The van der Waals surface area contributed by atoms with E-state index in [4.69, 9.17) is 4.74 Å². The Morgan fingerprint density at radius 2 is 2.00 bits per heavy atom. The maximum Gasteiger partial charge on any atom is 0.318 e. The molecular formula is C10H20O3S. The molecule has 0 radical (unpaired) electrons. The summed E-state index contributed by atoms with van der Waals surface area (Å²) in [7, 11) is -1.04. The molecule has 0 spiro atoms. The minimum absolute atomic E-state index is 0.0435. The van der Waals surface area contributed by atoms with Crippen LogP contribution in [0.15, 0.2) is 0 Å². The molecule has 0 amide bonds. The molecule has 0 aliphatic heterocycles. The second-order valence-electron chi connectivity index (χ2n) is 3.53. The summed E-state index contributed by atoms with van der Waals surface area (Å²) < 4.78 is 16.2. The zero-order chi connectivity index (χ0) is 11.0. The van der Waals surface area contributed by atoms with Crippen LogP contribution in [0.1, 0.15) is 40.0 Å². The summed E-state index contributed by atoms with van der Waals surface area (Å²) >= 11 is 0. The summed E-state index contributed by atoms with van der Waals surface area (Å²) in [5.41, 5.74) is 0. The smallest absolute Gasteiger partial charge is 0.318 e. The van der Waals surface area contributed by atoms with Crippen molar-refractivity contribution in [2.24, 2.45) is 0 Å². The molecule has 0 saturated carbocycles. The third kappa shape index (κ3) is 8.23. The van der Waals surface area contributed by atoms with E-state index in [-0.39, 0.29) is 17.8 Å². The van der Waals surface area contributed by atoms with Crippen LogP contribution in [-0.2, 0) is 20.3 Å². The van der Waals surface area contributed by atoms with E-state index in [9.17, 15) is 9.00 Å². The van der Waals surface area contributed by atoms with Crippen molar-refractivity contribution < 1.29 is 13.7 Å². The van der Waals surface area contributed by atoms with Crippen LogP contribution in [0.4, 0.5) is 0 Å². The lowest BCUT2D eigenvalue weighted by atomic mass is 10.3. The van der Waals surface area contributed by atoms with Crippen molar-refractivity contribution in [3.63, 3.8) is 0 Å². The number of hydrogen-bond donors (Lipinski definition) is 0. The Hall–Kier alpha value is -0.380. The molecule has 0 saturated heterocycles. The van der Waals surface area contributed by atoms with Gasteiger partial charge in [0.2, 0.25) is 0 Å². The summed E-state index contributed by atoms with van der Waals surface area (Å²) in [4.78, 5) is 11.1. The van der Waals surface area contributed by atoms with Crippen LogP contribution in [0.5, 0.6) is 0 Å². The number of carbonyl (C=O) groups is 1. The van der Waals surface area contributed by atoms with Crippen LogP contribution in [0.3, 0.4) is 0 Å². The average molecular weight is 220 g/mol. The quantitative estimate of drug-likeness (QED) is 0.486. The monoisotopic (exact) mass is 220 g/mol. The molecular weight excluding hydrogens is 200 g/mol. The van der Waals surface area contributed by atoms with Crippen molar-refractivity contribution >= 4 is 16.8 Å². The van der Waals surface area contributed by atoms with Crippen LogP contribution >= 0.6 is 0 Å². The van der Waals surface area contributed by atoms with Gasteiger partial charge in [0, 0.05) is 16.6 Å². The van der Waals surface area contributed by atoms with Gasteiger partial charge in [-0.2, -0.15) is 0 Å². The molecule has 3 nitrogen and oxygen atoms in total. The summed E-state index contributed by atoms with van der Waals surface area (Å²) in [5, 5.41) is 0. The summed E-state index contributed by atoms with van der Waals surface area (Å²) in [6.07, 6.45) is 2.99. The molecule has 84 valence electrons. The fourth-order valence-corrected chi connectivity index (χ4v) is 2.01. The maximum absolute atomic E-state index is 11.3. The predicted octanol–water partition coefficient (Wildman–Crippen LogP) is 1.88. The number of rotatable bonds is 7. The Morgan fingerprint density at radius 1 is 1.36 bits per heavy atom. The van der Waals surface area contributed by atoms with Crippen LogP contribution < -0.4 is 0 Å².